The molecule has 88 valence electrons. The van der Waals surface area contributed by atoms with Gasteiger partial charge in [-0.1, -0.05) is 18.2 Å². The number of aryl methyl sites for hydroxylation is 1. The smallest absolute Gasteiger partial charge is 0.0789 e. The molecule has 0 aliphatic heterocycles. The van der Waals surface area contributed by atoms with Crippen LogP contribution in [0.4, 0.5) is 22.7 Å². The first-order valence-corrected chi connectivity index (χ1v) is 5.57. The van der Waals surface area contributed by atoms with Crippen LogP contribution < -0.4 is 16.8 Å². The third-order valence-electron chi connectivity index (χ3n) is 2.99. The summed E-state index contributed by atoms with van der Waals surface area (Å²) >= 11 is 0. The van der Waals surface area contributed by atoms with Crippen molar-refractivity contribution in [3.8, 4) is 0 Å². The van der Waals surface area contributed by atoms with Gasteiger partial charge in [0, 0.05) is 5.69 Å². The van der Waals surface area contributed by atoms with Crippen molar-refractivity contribution in [2.24, 2.45) is 0 Å². The first kappa shape index (κ1) is 11.3. The van der Waals surface area contributed by atoms with Crippen LogP contribution in [0.3, 0.4) is 0 Å². The van der Waals surface area contributed by atoms with Gasteiger partial charge in [0.15, 0.2) is 0 Å². The Kier molecular flexibility index (Phi) is 2.91. The molecular weight excluding hydrogens is 210 g/mol. The number of hydrogen-bond donors (Lipinski definition) is 3. The number of anilines is 4. The van der Waals surface area contributed by atoms with E-state index in [2.05, 4.69) is 5.32 Å². The van der Waals surface area contributed by atoms with E-state index in [1.807, 2.05) is 50.2 Å². The minimum absolute atomic E-state index is 0.608. The van der Waals surface area contributed by atoms with E-state index in [1.165, 1.54) is 0 Å². The summed E-state index contributed by atoms with van der Waals surface area (Å²) < 4.78 is 0. The van der Waals surface area contributed by atoms with Crippen molar-refractivity contribution in [3.05, 3.63) is 47.5 Å². The van der Waals surface area contributed by atoms with Gasteiger partial charge in [0.1, 0.15) is 0 Å². The van der Waals surface area contributed by atoms with Crippen LogP contribution >= 0.6 is 0 Å². The summed E-state index contributed by atoms with van der Waals surface area (Å²) in [5.41, 5.74) is 17.3. The number of nitrogen functional groups attached to an aromatic ring is 2. The number of para-hydroxylation sites is 1. The lowest BCUT2D eigenvalue weighted by atomic mass is 10.0. The Morgan fingerprint density at radius 3 is 2.24 bits per heavy atom. The predicted molar refractivity (Wildman–Crippen MR) is 74.5 cm³/mol. The van der Waals surface area contributed by atoms with Crippen LogP contribution in [-0.4, -0.2) is 0 Å². The SMILES string of the molecule is Cc1cc(Nc2ccccc2)c(N)c(N)c1C. The molecule has 3 heteroatoms. The zero-order valence-electron chi connectivity index (χ0n) is 10.1. The highest BCUT2D eigenvalue weighted by molar-refractivity contribution is 5.84. The van der Waals surface area contributed by atoms with Crippen molar-refractivity contribution in [3.63, 3.8) is 0 Å². The topological polar surface area (TPSA) is 64.1 Å². The van der Waals surface area contributed by atoms with Gasteiger partial charge in [-0.25, -0.2) is 0 Å². The number of benzene rings is 2. The van der Waals surface area contributed by atoms with Crippen molar-refractivity contribution >= 4 is 22.7 Å². The molecule has 2 aromatic rings. The van der Waals surface area contributed by atoms with Crippen molar-refractivity contribution < 1.29 is 0 Å². The maximum Gasteiger partial charge on any atom is 0.0789 e. The zero-order chi connectivity index (χ0) is 12.4. The molecule has 0 aliphatic rings. The van der Waals surface area contributed by atoms with E-state index in [-0.39, 0.29) is 0 Å². The second kappa shape index (κ2) is 4.37. The molecule has 0 aromatic heterocycles. The van der Waals surface area contributed by atoms with Gasteiger partial charge in [-0.2, -0.15) is 0 Å². The van der Waals surface area contributed by atoms with Crippen molar-refractivity contribution in [1.29, 1.82) is 0 Å². The first-order valence-electron chi connectivity index (χ1n) is 5.57. The molecule has 0 aliphatic carbocycles. The van der Waals surface area contributed by atoms with Crippen molar-refractivity contribution in [1.82, 2.24) is 0 Å². The highest BCUT2D eigenvalue weighted by atomic mass is 14.9. The molecule has 0 spiro atoms. The monoisotopic (exact) mass is 227 g/mol. The van der Waals surface area contributed by atoms with Gasteiger partial charge >= 0.3 is 0 Å². The number of rotatable bonds is 2. The second-order valence-corrected chi connectivity index (χ2v) is 4.18. The van der Waals surface area contributed by atoms with E-state index in [9.17, 15) is 0 Å². The second-order valence-electron chi connectivity index (χ2n) is 4.18. The van der Waals surface area contributed by atoms with E-state index in [1.54, 1.807) is 0 Å². The van der Waals surface area contributed by atoms with E-state index >= 15 is 0 Å². The molecule has 17 heavy (non-hydrogen) atoms. The minimum atomic E-state index is 0.608. The fourth-order valence-corrected chi connectivity index (χ4v) is 1.74. The Labute approximate surface area is 101 Å². The first-order chi connectivity index (χ1) is 8.09. The molecule has 0 heterocycles. The molecule has 0 bridgehead atoms. The lowest BCUT2D eigenvalue weighted by Crippen LogP contribution is -2.04. The Hall–Kier alpha value is -2.16. The average molecular weight is 227 g/mol. The standard InChI is InChI=1S/C14H17N3/c1-9-8-12(14(16)13(15)10(9)2)17-11-6-4-3-5-7-11/h3-8,17H,15-16H2,1-2H3. The lowest BCUT2D eigenvalue weighted by molar-refractivity contribution is 1.34. The van der Waals surface area contributed by atoms with Gasteiger partial charge in [-0.15, -0.1) is 0 Å². The summed E-state index contributed by atoms with van der Waals surface area (Å²) in [4.78, 5) is 0. The van der Waals surface area contributed by atoms with Crippen molar-refractivity contribution in [2.75, 3.05) is 16.8 Å². The van der Waals surface area contributed by atoms with Crippen LogP contribution in [0.15, 0.2) is 36.4 Å². The summed E-state index contributed by atoms with van der Waals surface area (Å²) in [6.07, 6.45) is 0. The van der Waals surface area contributed by atoms with Gasteiger partial charge in [0.05, 0.1) is 17.1 Å². The fourth-order valence-electron chi connectivity index (χ4n) is 1.74. The molecule has 0 amide bonds. The summed E-state index contributed by atoms with van der Waals surface area (Å²) in [7, 11) is 0. The molecule has 0 saturated carbocycles. The van der Waals surface area contributed by atoms with E-state index < -0.39 is 0 Å². The highest BCUT2D eigenvalue weighted by Gasteiger charge is 2.08. The van der Waals surface area contributed by atoms with Crippen LogP contribution in [0.2, 0.25) is 0 Å². The summed E-state index contributed by atoms with van der Waals surface area (Å²) in [5.74, 6) is 0. The lowest BCUT2D eigenvalue weighted by Gasteiger charge is -2.15. The molecule has 2 rings (SSSR count). The quantitative estimate of drug-likeness (QED) is 0.690. The Bertz CT molecular complexity index is 533. The average Bonchev–Trinajstić information content (AvgIpc) is 2.35. The van der Waals surface area contributed by atoms with E-state index in [0.29, 0.717) is 11.4 Å². The number of hydrogen-bond acceptors (Lipinski definition) is 3. The molecule has 0 atom stereocenters. The van der Waals surface area contributed by atoms with Crippen LogP contribution in [0.1, 0.15) is 11.1 Å². The highest BCUT2D eigenvalue weighted by Crippen LogP contribution is 2.32. The van der Waals surface area contributed by atoms with Gasteiger partial charge < -0.3 is 16.8 Å². The maximum atomic E-state index is 6.01. The molecule has 2 aromatic carbocycles. The summed E-state index contributed by atoms with van der Waals surface area (Å²) in [6.45, 7) is 4.01. The summed E-state index contributed by atoms with van der Waals surface area (Å²) in [5, 5.41) is 3.28. The van der Waals surface area contributed by atoms with Crippen LogP contribution in [0, 0.1) is 13.8 Å². The van der Waals surface area contributed by atoms with Crippen molar-refractivity contribution in [2.45, 2.75) is 13.8 Å². The molecule has 3 nitrogen and oxygen atoms in total. The normalized spacial score (nSPS) is 10.2. The van der Waals surface area contributed by atoms with Crippen LogP contribution in [-0.2, 0) is 0 Å². The zero-order valence-corrected chi connectivity index (χ0v) is 10.1. The molecular formula is C14H17N3. The van der Waals surface area contributed by atoms with E-state index in [4.69, 9.17) is 11.5 Å². The van der Waals surface area contributed by atoms with Crippen LogP contribution in [0.5, 0.6) is 0 Å². The Morgan fingerprint density at radius 1 is 0.941 bits per heavy atom. The third kappa shape index (κ3) is 2.18. The van der Waals surface area contributed by atoms with Gasteiger partial charge in [-0.05, 0) is 43.2 Å². The minimum Gasteiger partial charge on any atom is -0.397 e. The van der Waals surface area contributed by atoms with Gasteiger partial charge in [0.2, 0.25) is 0 Å². The fraction of sp³-hybridized carbons (Fsp3) is 0.143. The largest absolute Gasteiger partial charge is 0.397 e. The molecule has 5 N–H and O–H groups in total. The number of nitrogens with one attached hydrogen (secondary N) is 1. The Morgan fingerprint density at radius 2 is 1.59 bits per heavy atom. The molecule has 0 radical (unpaired) electrons. The van der Waals surface area contributed by atoms with Gasteiger partial charge in [-0.3, -0.25) is 0 Å². The predicted octanol–water partition coefficient (Wildman–Crippen LogP) is 3.21. The van der Waals surface area contributed by atoms with Gasteiger partial charge in [0.25, 0.3) is 0 Å². The Balaban J connectivity index is 2.41. The molecule has 0 fully saturated rings. The number of nitrogens with two attached hydrogens (primary N) is 2. The molecule has 0 saturated heterocycles. The molecule has 0 unspecified atom stereocenters. The van der Waals surface area contributed by atoms with E-state index in [0.717, 1.165) is 22.5 Å². The maximum absolute atomic E-state index is 6.01. The summed E-state index contributed by atoms with van der Waals surface area (Å²) in [6, 6.07) is 11.9. The van der Waals surface area contributed by atoms with Crippen LogP contribution in [0.25, 0.3) is 0 Å². The third-order valence-corrected chi connectivity index (χ3v) is 2.99.